The standard InChI is InChI=1S/C14H18ClFN2O2/c1-14(2,20)8-17-13(19)18-6-10(7-18)9-3-11(15)5-12(16)4-9/h3-5,10,20H,6-8H2,1-2H3,(H,17,19). The van der Waals surface area contributed by atoms with Gasteiger partial charge in [0.2, 0.25) is 0 Å². The van der Waals surface area contributed by atoms with Crippen molar-refractivity contribution in [2.45, 2.75) is 25.4 Å². The molecule has 1 aromatic rings. The lowest BCUT2D eigenvalue weighted by atomic mass is 9.92. The number of amides is 2. The molecule has 0 saturated carbocycles. The first-order chi connectivity index (χ1) is 9.24. The van der Waals surface area contributed by atoms with Gasteiger partial charge in [-0.1, -0.05) is 11.6 Å². The van der Waals surface area contributed by atoms with Crippen molar-refractivity contribution in [1.82, 2.24) is 10.2 Å². The second-order valence-corrected chi connectivity index (χ2v) is 6.21. The van der Waals surface area contributed by atoms with Gasteiger partial charge in [-0.3, -0.25) is 0 Å². The molecule has 0 atom stereocenters. The molecule has 0 radical (unpaired) electrons. The van der Waals surface area contributed by atoms with E-state index in [1.807, 2.05) is 0 Å². The second-order valence-electron chi connectivity index (χ2n) is 5.78. The van der Waals surface area contributed by atoms with Gasteiger partial charge in [-0.2, -0.15) is 0 Å². The lowest BCUT2D eigenvalue weighted by Gasteiger charge is -2.39. The molecule has 4 nitrogen and oxygen atoms in total. The lowest BCUT2D eigenvalue weighted by molar-refractivity contribution is 0.0765. The van der Waals surface area contributed by atoms with E-state index in [4.69, 9.17) is 11.6 Å². The molecule has 1 aliphatic rings. The van der Waals surface area contributed by atoms with Crippen molar-refractivity contribution in [3.8, 4) is 0 Å². The number of benzene rings is 1. The number of carbonyl (C=O) groups is 1. The van der Waals surface area contributed by atoms with Crippen molar-refractivity contribution in [3.63, 3.8) is 0 Å². The summed E-state index contributed by atoms with van der Waals surface area (Å²) in [5.41, 5.74) is -0.128. The zero-order valence-corrected chi connectivity index (χ0v) is 12.2. The molecular weight excluding hydrogens is 283 g/mol. The van der Waals surface area contributed by atoms with Crippen molar-refractivity contribution in [2.75, 3.05) is 19.6 Å². The number of aliphatic hydroxyl groups is 1. The molecule has 0 bridgehead atoms. The Morgan fingerprint density at radius 3 is 2.70 bits per heavy atom. The number of nitrogens with zero attached hydrogens (tertiary/aromatic N) is 1. The first-order valence-corrected chi connectivity index (χ1v) is 6.83. The highest BCUT2D eigenvalue weighted by Gasteiger charge is 2.32. The topological polar surface area (TPSA) is 52.6 Å². The average molecular weight is 301 g/mol. The SMILES string of the molecule is CC(C)(O)CNC(=O)N1CC(c2cc(F)cc(Cl)c2)C1. The van der Waals surface area contributed by atoms with Crippen LogP contribution < -0.4 is 5.32 Å². The fraction of sp³-hybridized carbons (Fsp3) is 0.500. The van der Waals surface area contributed by atoms with Crippen molar-refractivity contribution < 1.29 is 14.3 Å². The Morgan fingerprint density at radius 2 is 2.15 bits per heavy atom. The summed E-state index contributed by atoms with van der Waals surface area (Å²) in [5, 5.41) is 12.6. The highest BCUT2D eigenvalue weighted by molar-refractivity contribution is 6.30. The molecule has 20 heavy (non-hydrogen) atoms. The molecule has 0 spiro atoms. The maximum Gasteiger partial charge on any atom is 0.317 e. The minimum Gasteiger partial charge on any atom is -0.389 e. The van der Waals surface area contributed by atoms with Crippen LogP contribution in [0.5, 0.6) is 0 Å². The van der Waals surface area contributed by atoms with E-state index in [2.05, 4.69) is 5.32 Å². The first-order valence-electron chi connectivity index (χ1n) is 6.46. The van der Waals surface area contributed by atoms with E-state index in [9.17, 15) is 14.3 Å². The molecule has 0 aliphatic carbocycles. The summed E-state index contributed by atoms with van der Waals surface area (Å²) in [5.74, 6) is -0.256. The third kappa shape index (κ3) is 3.84. The zero-order valence-electron chi connectivity index (χ0n) is 11.5. The van der Waals surface area contributed by atoms with Gasteiger partial charge in [-0.15, -0.1) is 0 Å². The van der Waals surface area contributed by atoms with Crippen LogP contribution >= 0.6 is 11.6 Å². The van der Waals surface area contributed by atoms with Crippen LogP contribution in [0.15, 0.2) is 18.2 Å². The number of halogens is 2. The Morgan fingerprint density at radius 1 is 1.50 bits per heavy atom. The predicted octanol–water partition coefficient (Wildman–Crippen LogP) is 2.36. The van der Waals surface area contributed by atoms with Crippen molar-refractivity contribution in [1.29, 1.82) is 0 Å². The number of nitrogens with one attached hydrogen (secondary N) is 1. The molecule has 0 aromatic heterocycles. The molecule has 0 unspecified atom stereocenters. The number of likely N-dealkylation sites (tertiary alicyclic amines) is 1. The van der Waals surface area contributed by atoms with Crippen molar-refractivity contribution >= 4 is 17.6 Å². The van der Waals surface area contributed by atoms with Crippen LogP contribution in [0.3, 0.4) is 0 Å². The van der Waals surface area contributed by atoms with Gasteiger partial charge in [0.15, 0.2) is 0 Å². The van der Waals surface area contributed by atoms with Crippen LogP contribution in [0.25, 0.3) is 0 Å². The molecular formula is C14H18ClFN2O2. The maximum absolute atomic E-state index is 13.3. The van der Waals surface area contributed by atoms with E-state index in [1.54, 1.807) is 24.8 Å². The van der Waals surface area contributed by atoms with Gasteiger partial charge in [0.25, 0.3) is 0 Å². The van der Waals surface area contributed by atoms with Gasteiger partial charge in [-0.25, -0.2) is 9.18 Å². The monoisotopic (exact) mass is 300 g/mol. The van der Waals surface area contributed by atoms with Gasteiger partial charge in [0.05, 0.1) is 5.60 Å². The van der Waals surface area contributed by atoms with E-state index in [-0.39, 0.29) is 24.3 Å². The minimum atomic E-state index is -0.935. The Kier molecular flexibility index (Phi) is 4.20. The van der Waals surface area contributed by atoms with E-state index < -0.39 is 5.60 Å². The predicted molar refractivity (Wildman–Crippen MR) is 75.4 cm³/mol. The number of carbonyl (C=O) groups excluding carboxylic acids is 1. The fourth-order valence-corrected chi connectivity index (χ4v) is 2.30. The molecule has 1 aliphatic heterocycles. The van der Waals surface area contributed by atoms with E-state index in [0.29, 0.717) is 18.1 Å². The van der Waals surface area contributed by atoms with Gasteiger partial charge < -0.3 is 15.3 Å². The largest absolute Gasteiger partial charge is 0.389 e. The Bertz CT molecular complexity index is 490. The van der Waals surface area contributed by atoms with Crippen LogP contribution in [-0.4, -0.2) is 41.3 Å². The summed E-state index contributed by atoms with van der Waals surface area (Å²) in [6.45, 7) is 4.50. The van der Waals surface area contributed by atoms with E-state index in [1.165, 1.54) is 12.1 Å². The fourth-order valence-electron chi connectivity index (χ4n) is 2.07. The number of rotatable bonds is 3. The molecule has 1 fully saturated rings. The van der Waals surface area contributed by atoms with Crippen LogP contribution in [0, 0.1) is 5.82 Å². The van der Waals surface area contributed by atoms with Gasteiger partial charge in [0, 0.05) is 30.6 Å². The highest BCUT2D eigenvalue weighted by atomic mass is 35.5. The van der Waals surface area contributed by atoms with Gasteiger partial charge >= 0.3 is 6.03 Å². The third-order valence-corrected chi connectivity index (χ3v) is 3.42. The van der Waals surface area contributed by atoms with Crippen LogP contribution in [-0.2, 0) is 0 Å². The average Bonchev–Trinajstić information content (AvgIpc) is 2.22. The maximum atomic E-state index is 13.3. The Balaban J connectivity index is 1.86. The summed E-state index contributed by atoms with van der Waals surface area (Å²) < 4.78 is 13.3. The Labute approximate surface area is 122 Å². The normalized spacial score (nSPS) is 15.9. The quantitative estimate of drug-likeness (QED) is 0.900. The van der Waals surface area contributed by atoms with E-state index in [0.717, 1.165) is 5.56 Å². The Hall–Kier alpha value is -1.33. The molecule has 2 amide bonds. The van der Waals surface area contributed by atoms with Gasteiger partial charge in [0.1, 0.15) is 5.82 Å². The summed E-state index contributed by atoms with van der Waals surface area (Å²) >= 11 is 5.81. The summed E-state index contributed by atoms with van der Waals surface area (Å²) in [6, 6.07) is 4.22. The van der Waals surface area contributed by atoms with Crippen molar-refractivity contribution in [2.24, 2.45) is 0 Å². The summed E-state index contributed by atoms with van der Waals surface area (Å²) in [4.78, 5) is 13.4. The highest BCUT2D eigenvalue weighted by Crippen LogP contribution is 2.29. The molecule has 6 heteroatoms. The molecule has 1 heterocycles. The third-order valence-electron chi connectivity index (χ3n) is 3.20. The van der Waals surface area contributed by atoms with Crippen LogP contribution in [0.2, 0.25) is 5.02 Å². The molecule has 1 aromatic carbocycles. The number of hydrogen-bond donors (Lipinski definition) is 2. The smallest absolute Gasteiger partial charge is 0.317 e. The first kappa shape index (κ1) is 15.1. The minimum absolute atomic E-state index is 0.107. The zero-order chi connectivity index (χ0) is 14.9. The number of urea groups is 1. The molecule has 2 N–H and O–H groups in total. The van der Waals surface area contributed by atoms with Crippen LogP contribution in [0.4, 0.5) is 9.18 Å². The molecule has 1 saturated heterocycles. The van der Waals surface area contributed by atoms with E-state index >= 15 is 0 Å². The van der Waals surface area contributed by atoms with Crippen LogP contribution in [0.1, 0.15) is 25.3 Å². The van der Waals surface area contributed by atoms with Gasteiger partial charge in [-0.05, 0) is 37.6 Å². The summed E-state index contributed by atoms with van der Waals surface area (Å²) in [6.07, 6.45) is 0. The summed E-state index contributed by atoms with van der Waals surface area (Å²) in [7, 11) is 0. The second kappa shape index (κ2) is 5.58. The number of hydrogen-bond acceptors (Lipinski definition) is 2. The van der Waals surface area contributed by atoms with Crippen molar-refractivity contribution in [3.05, 3.63) is 34.6 Å². The molecule has 2 rings (SSSR count). The molecule has 110 valence electrons. The lowest BCUT2D eigenvalue weighted by Crippen LogP contribution is -2.54.